The second-order valence-corrected chi connectivity index (χ2v) is 6.81. The van der Waals surface area contributed by atoms with E-state index in [-0.39, 0.29) is 36.7 Å². The van der Waals surface area contributed by atoms with Crippen LogP contribution in [0.15, 0.2) is 35.5 Å². The summed E-state index contributed by atoms with van der Waals surface area (Å²) in [4.78, 5) is 48.7. The number of ketones is 1. The zero-order chi connectivity index (χ0) is 22.4. The van der Waals surface area contributed by atoms with Crippen molar-refractivity contribution in [3.05, 3.63) is 51.2 Å². The topological polar surface area (TPSA) is 128 Å². The van der Waals surface area contributed by atoms with Crippen LogP contribution in [0, 0.1) is 10.1 Å². The minimum atomic E-state index is -0.968. The van der Waals surface area contributed by atoms with Crippen LogP contribution in [-0.4, -0.2) is 47.0 Å². The smallest absolute Gasteiger partial charge is 0.412 e. The fraction of sp³-hybridized carbons (Fsp3) is 0.450. The van der Waals surface area contributed by atoms with Crippen LogP contribution in [0.4, 0.5) is 10.5 Å². The van der Waals surface area contributed by atoms with Gasteiger partial charge in [0, 0.05) is 24.3 Å². The number of nitrogens with zero attached hydrogens (tertiary/aromatic N) is 2. The number of carbonyl (C=O) groups excluding carboxylic acids is 3. The Kier molecular flexibility index (Phi) is 7.51. The summed E-state index contributed by atoms with van der Waals surface area (Å²) in [7, 11) is 0. The number of allylic oxidation sites excluding steroid dienone is 1. The summed E-state index contributed by atoms with van der Waals surface area (Å²) in [5, 5.41) is 14.3. The summed E-state index contributed by atoms with van der Waals surface area (Å²) in [5.41, 5.74) is 0.769. The van der Waals surface area contributed by atoms with Crippen molar-refractivity contribution >= 4 is 23.5 Å². The number of carbonyl (C=O) groups is 3. The van der Waals surface area contributed by atoms with Crippen LogP contribution in [-0.2, 0) is 19.1 Å². The number of hydrogen-bond donors (Lipinski definition) is 1. The van der Waals surface area contributed by atoms with Crippen LogP contribution in [0.3, 0.4) is 0 Å². The summed E-state index contributed by atoms with van der Waals surface area (Å²) in [6.45, 7) is 6.41. The standard InChI is InChI=1S/C20H25N3O7/c1-5-29-20(26)22-14(4)21-13(3)17(19(25)30-10-9-12(2)24)18(22)15-7-6-8-16(11-15)23(27)28/h6-8,11,14,18,21H,5,9-10H2,1-4H3. The maximum atomic E-state index is 12.9. The number of hydrogen-bond acceptors (Lipinski definition) is 8. The van der Waals surface area contributed by atoms with Gasteiger partial charge in [0.1, 0.15) is 11.9 Å². The zero-order valence-electron chi connectivity index (χ0n) is 17.3. The number of benzene rings is 1. The Labute approximate surface area is 174 Å². The van der Waals surface area contributed by atoms with Crippen molar-refractivity contribution in [1.82, 2.24) is 10.2 Å². The molecule has 0 radical (unpaired) electrons. The monoisotopic (exact) mass is 419 g/mol. The number of rotatable bonds is 7. The second kappa shape index (κ2) is 9.86. The van der Waals surface area contributed by atoms with E-state index in [2.05, 4.69) is 5.32 Å². The van der Waals surface area contributed by atoms with Gasteiger partial charge in [-0.1, -0.05) is 12.1 Å². The molecule has 1 N–H and O–H groups in total. The first-order valence-corrected chi connectivity index (χ1v) is 9.50. The molecule has 2 unspecified atom stereocenters. The summed E-state index contributed by atoms with van der Waals surface area (Å²) in [5.74, 6) is -0.855. The first-order chi connectivity index (χ1) is 14.2. The molecule has 1 aromatic carbocycles. The highest BCUT2D eigenvalue weighted by Crippen LogP contribution is 2.37. The molecule has 1 aliphatic rings. The molecule has 1 aliphatic heterocycles. The van der Waals surface area contributed by atoms with Gasteiger partial charge in [0.2, 0.25) is 0 Å². The Morgan fingerprint density at radius 3 is 2.57 bits per heavy atom. The molecule has 1 heterocycles. The van der Waals surface area contributed by atoms with Crippen LogP contribution in [0.5, 0.6) is 0 Å². The van der Waals surface area contributed by atoms with Crippen molar-refractivity contribution in [3.8, 4) is 0 Å². The first kappa shape index (κ1) is 22.9. The minimum Gasteiger partial charge on any atom is -0.462 e. The van der Waals surface area contributed by atoms with Crippen molar-refractivity contribution in [2.45, 2.75) is 46.3 Å². The number of amides is 1. The van der Waals surface area contributed by atoms with Gasteiger partial charge in [-0.25, -0.2) is 9.59 Å². The third kappa shape index (κ3) is 5.13. The van der Waals surface area contributed by atoms with Gasteiger partial charge >= 0.3 is 12.1 Å². The van der Waals surface area contributed by atoms with Gasteiger partial charge in [-0.2, -0.15) is 0 Å². The van der Waals surface area contributed by atoms with Crippen LogP contribution in [0.2, 0.25) is 0 Å². The number of ether oxygens (including phenoxy) is 2. The molecular formula is C20H25N3O7. The van der Waals surface area contributed by atoms with Crippen molar-refractivity contribution in [2.75, 3.05) is 13.2 Å². The molecule has 0 saturated carbocycles. The largest absolute Gasteiger partial charge is 0.462 e. The van der Waals surface area contributed by atoms with Crippen molar-refractivity contribution in [1.29, 1.82) is 0 Å². The second-order valence-electron chi connectivity index (χ2n) is 6.81. The Balaban J connectivity index is 2.54. The molecule has 10 nitrogen and oxygen atoms in total. The lowest BCUT2D eigenvalue weighted by Gasteiger charge is -2.41. The molecule has 0 saturated heterocycles. The molecular weight excluding hydrogens is 394 g/mol. The van der Waals surface area contributed by atoms with E-state index in [0.717, 1.165) is 0 Å². The van der Waals surface area contributed by atoms with E-state index in [9.17, 15) is 24.5 Å². The maximum absolute atomic E-state index is 12.9. The van der Waals surface area contributed by atoms with Gasteiger partial charge in [0.05, 0.1) is 29.8 Å². The third-order valence-electron chi connectivity index (χ3n) is 4.58. The number of nitro benzene ring substituents is 1. The number of nitrogens with one attached hydrogen (secondary N) is 1. The highest BCUT2D eigenvalue weighted by Gasteiger charge is 2.41. The Bertz CT molecular complexity index is 881. The van der Waals surface area contributed by atoms with Gasteiger partial charge < -0.3 is 14.8 Å². The molecule has 1 aromatic rings. The van der Waals surface area contributed by atoms with Gasteiger partial charge in [-0.3, -0.25) is 19.8 Å². The highest BCUT2D eigenvalue weighted by atomic mass is 16.6. The Hall–Kier alpha value is -3.43. The van der Waals surface area contributed by atoms with Gasteiger partial charge in [0.25, 0.3) is 5.69 Å². The van der Waals surface area contributed by atoms with E-state index in [1.54, 1.807) is 26.8 Å². The number of esters is 1. The zero-order valence-corrected chi connectivity index (χ0v) is 17.3. The average molecular weight is 419 g/mol. The summed E-state index contributed by atoms with van der Waals surface area (Å²) < 4.78 is 10.4. The van der Waals surface area contributed by atoms with Crippen LogP contribution in [0.25, 0.3) is 0 Å². The van der Waals surface area contributed by atoms with E-state index >= 15 is 0 Å². The molecule has 2 atom stereocenters. The number of non-ortho nitro benzene ring substituents is 1. The first-order valence-electron chi connectivity index (χ1n) is 9.50. The van der Waals surface area contributed by atoms with E-state index in [1.165, 1.54) is 30.0 Å². The van der Waals surface area contributed by atoms with E-state index < -0.39 is 29.2 Å². The predicted molar refractivity (Wildman–Crippen MR) is 106 cm³/mol. The van der Waals surface area contributed by atoms with Crippen molar-refractivity contribution in [2.24, 2.45) is 0 Å². The lowest BCUT2D eigenvalue weighted by Crippen LogP contribution is -2.53. The van der Waals surface area contributed by atoms with Crippen LogP contribution in [0.1, 0.15) is 45.7 Å². The highest BCUT2D eigenvalue weighted by molar-refractivity contribution is 5.92. The molecule has 0 bridgehead atoms. The number of nitro groups is 1. The predicted octanol–water partition coefficient (Wildman–Crippen LogP) is 2.84. The van der Waals surface area contributed by atoms with Crippen LogP contribution < -0.4 is 5.32 Å². The van der Waals surface area contributed by atoms with E-state index in [4.69, 9.17) is 9.47 Å². The molecule has 0 aromatic heterocycles. The van der Waals surface area contributed by atoms with Gasteiger partial charge in [0.15, 0.2) is 0 Å². The summed E-state index contributed by atoms with van der Waals surface area (Å²) in [6, 6.07) is 4.75. The lowest BCUT2D eigenvalue weighted by atomic mass is 9.92. The lowest BCUT2D eigenvalue weighted by molar-refractivity contribution is -0.385. The fourth-order valence-corrected chi connectivity index (χ4v) is 3.26. The quantitative estimate of drug-likeness (QED) is 0.406. The van der Waals surface area contributed by atoms with Crippen molar-refractivity contribution < 1.29 is 28.8 Å². The van der Waals surface area contributed by atoms with Crippen molar-refractivity contribution in [3.63, 3.8) is 0 Å². The van der Waals surface area contributed by atoms with Crippen LogP contribution >= 0.6 is 0 Å². The molecule has 1 amide bonds. The maximum Gasteiger partial charge on any atom is 0.412 e. The molecule has 2 rings (SSSR count). The Morgan fingerprint density at radius 1 is 1.27 bits per heavy atom. The minimum absolute atomic E-state index is 0.0605. The van der Waals surface area contributed by atoms with E-state index in [1.807, 2.05) is 0 Å². The van der Waals surface area contributed by atoms with Gasteiger partial charge in [-0.05, 0) is 33.3 Å². The molecule has 0 fully saturated rings. The molecule has 0 spiro atoms. The molecule has 30 heavy (non-hydrogen) atoms. The average Bonchev–Trinajstić information content (AvgIpc) is 2.67. The van der Waals surface area contributed by atoms with Gasteiger partial charge in [-0.15, -0.1) is 0 Å². The summed E-state index contributed by atoms with van der Waals surface area (Å²) >= 11 is 0. The Morgan fingerprint density at radius 2 is 1.97 bits per heavy atom. The molecule has 10 heteroatoms. The SMILES string of the molecule is CCOC(=O)N1C(C)NC(C)=C(C(=O)OCCC(C)=O)C1c1cccc([N+](=O)[O-])c1. The number of Topliss-reactive ketones (excluding diaryl/α,β-unsaturated/α-hetero) is 1. The van der Waals surface area contributed by atoms with E-state index in [0.29, 0.717) is 11.3 Å². The normalized spacial score (nSPS) is 18.5. The molecule has 162 valence electrons. The molecule has 0 aliphatic carbocycles. The fourth-order valence-electron chi connectivity index (χ4n) is 3.26. The third-order valence-corrected chi connectivity index (χ3v) is 4.58. The summed E-state index contributed by atoms with van der Waals surface area (Å²) in [6.07, 6.45) is -1.18.